The van der Waals surface area contributed by atoms with Crippen molar-refractivity contribution in [2.75, 3.05) is 19.8 Å². The van der Waals surface area contributed by atoms with Crippen molar-refractivity contribution in [1.29, 1.82) is 0 Å². The van der Waals surface area contributed by atoms with Crippen LogP contribution >= 0.6 is 0 Å². The van der Waals surface area contributed by atoms with Crippen LogP contribution in [-0.2, 0) is 0 Å². The van der Waals surface area contributed by atoms with Gasteiger partial charge in [0, 0.05) is 24.8 Å². The molecule has 0 bridgehead atoms. The molecule has 0 saturated carbocycles. The molecular weight excluding hydrogens is 266 g/mol. The zero-order chi connectivity index (χ0) is 15.1. The lowest BCUT2D eigenvalue weighted by atomic mass is 10.1. The number of likely N-dealkylation sites (tertiary alicyclic amines) is 1. The molecule has 114 valence electrons. The molecule has 4 nitrogen and oxygen atoms in total. The van der Waals surface area contributed by atoms with Gasteiger partial charge in [-0.3, -0.25) is 4.79 Å². The van der Waals surface area contributed by atoms with E-state index in [-0.39, 0.29) is 18.6 Å². The van der Waals surface area contributed by atoms with Crippen LogP contribution in [0.1, 0.15) is 36.0 Å². The summed E-state index contributed by atoms with van der Waals surface area (Å²) in [4.78, 5) is 14.5. The Morgan fingerprint density at radius 2 is 2.19 bits per heavy atom. The lowest BCUT2D eigenvalue weighted by molar-refractivity contribution is 0.0724. The molecule has 2 rings (SSSR count). The molecule has 4 heteroatoms. The summed E-state index contributed by atoms with van der Waals surface area (Å²) in [5, 5.41) is 8.95. The number of ether oxygens (including phenoxy) is 1. The highest BCUT2D eigenvalue weighted by Crippen LogP contribution is 2.24. The second-order valence-electron chi connectivity index (χ2n) is 5.28. The van der Waals surface area contributed by atoms with Gasteiger partial charge in [-0.25, -0.2) is 0 Å². The van der Waals surface area contributed by atoms with Crippen molar-refractivity contribution in [2.24, 2.45) is 0 Å². The SMILES string of the molecule is C=CCOc1ccc(C(=O)N2CCCC2CCCO)cc1. The first-order valence-electron chi connectivity index (χ1n) is 7.52. The molecule has 1 saturated heterocycles. The van der Waals surface area contributed by atoms with Gasteiger partial charge in [-0.2, -0.15) is 0 Å². The maximum Gasteiger partial charge on any atom is 0.254 e. The van der Waals surface area contributed by atoms with Gasteiger partial charge in [0.1, 0.15) is 12.4 Å². The van der Waals surface area contributed by atoms with Gasteiger partial charge in [0.2, 0.25) is 0 Å². The van der Waals surface area contributed by atoms with Crippen LogP contribution in [0.15, 0.2) is 36.9 Å². The fraction of sp³-hybridized carbons (Fsp3) is 0.471. The van der Waals surface area contributed by atoms with E-state index in [1.54, 1.807) is 6.08 Å². The van der Waals surface area contributed by atoms with Crippen LogP contribution in [0.2, 0.25) is 0 Å². The van der Waals surface area contributed by atoms with Crippen molar-refractivity contribution in [3.05, 3.63) is 42.5 Å². The van der Waals surface area contributed by atoms with Crippen LogP contribution < -0.4 is 4.74 Å². The van der Waals surface area contributed by atoms with Crippen molar-refractivity contribution in [3.8, 4) is 5.75 Å². The van der Waals surface area contributed by atoms with Crippen molar-refractivity contribution >= 4 is 5.91 Å². The molecule has 0 spiro atoms. The van der Waals surface area contributed by atoms with Gasteiger partial charge in [0.05, 0.1) is 0 Å². The molecule has 0 aliphatic carbocycles. The molecule has 1 aliphatic heterocycles. The Balaban J connectivity index is 1.99. The number of rotatable bonds is 7. The largest absolute Gasteiger partial charge is 0.490 e. The molecule has 0 radical (unpaired) electrons. The van der Waals surface area contributed by atoms with Crippen molar-refractivity contribution in [2.45, 2.75) is 31.7 Å². The van der Waals surface area contributed by atoms with E-state index in [4.69, 9.17) is 9.84 Å². The average Bonchev–Trinajstić information content (AvgIpc) is 2.99. The summed E-state index contributed by atoms with van der Waals surface area (Å²) in [6, 6.07) is 7.51. The van der Waals surface area contributed by atoms with Gasteiger partial charge in [0.15, 0.2) is 0 Å². The van der Waals surface area contributed by atoms with E-state index < -0.39 is 0 Å². The molecule has 0 aromatic heterocycles. The lowest BCUT2D eigenvalue weighted by Crippen LogP contribution is -2.35. The average molecular weight is 289 g/mol. The fourth-order valence-corrected chi connectivity index (χ4v) is 2.74. The van der Waals surface area contributed by atoms with Gasteiger partial charge in [-0.1, -0.05) is 12.7 Å². The Morgan fingerprint density at radius 3 is 2.86 bits per heavy atom. The van der Waals surface area contributed by atoms with Crippen LogP contribution in [0.25, 0.3) is 0 Å². The smallest absolute Gasteiger partial charge is 0.254 e. The molecular formula is C17H23NO3. The van der Waals surface area contributed by atoms with Crippen LogP contribution in [0.3, 0.4) is 0 Å². The topological polar surface area (TPSA) is 49.8 Å². The van der Waals surface area contributed by atoms with Crippen LogP contribution in [0.4, 0.5) is 0 Å². The van der Waals surface area contributed by atoms with E-state index in [9.17, 15) is 4.79 Å². The zero-order valence-electron chi connectivity index (χ0n) is 12.3. The van der Waals surface area contributed by atoms with Crippen LogP contribution in [0.5, 0.6) is 5.75 Å². The molecule has 1 heterocycles. The first kappa shape index (κ1) is 15.6. The normalized spacial score (nSPS) is 17.8. The molecule has 1 aliphatic rings. The highest BCUT2D eigenvalue weighted by atomic mass is 16.5. The minimum Gasteiger partial charge on any atom is -0.490 e. The van der Waals surface area contributed by atoms with Gasteiger partial charge >= 0.3 is 0 Å². The van der Waals surface area contributed by atoms with Crippen molar-refractivity contribution in [3.63, 3.8) is 0 Å². The third-order valence-corrected chi connectivity index (χ3v) is 3.80. The summed E-state index contributed by atoms with van der Waals surface area (Å²) in [5.41, 5.74) is 0.692. The summed E-state index contributed by atoms with van der Waals surface area (Å²) in [7, 11) is 0. The molecule has 21 heavy (non-hydrogen) atoms. The van der Waals surface area contributed by atoms with Gasteiger partial charge in [0.25, 0.3) is 5.91 Å². The molecule has 1 atom stereocenters. The zero-order valence-corrected chi connectivity index (χ0v) is 12.3. The number of carbonyl (C=O) groups is 1. The Kier molecular flexibility index (Phi) is 5.81. The monoisotopic (exact) mass is 289 g/mol. The van der Waals surface area contributed by atoms with E-state index in [0.29, 0.717) is 12.2 Å². The van der Waals surface area contributed by atoms with E-state index >= 15 is 0 Å². The fourth-order valence-electron chi connectivity index (χ4n) is 2.74. The van der Waals surface area contributed by atoms with Crippen LogP contribution in [-0.4, -0.2) is 41.7 Å². The molecule has 1 aromatic carbocycles. The number of aliphatic hydroxyl groups is 1. The third kappa shape index (κ3) is 4.08. The van der Waals surface area contributed by atoms with E-state index in [0.717, 1.165) is 38.0 Å². The second-order valence-corrected chi connectivity index (χ2v) is 5.28. The maximum absolute atomic E-state index is 12.6. The predicted molar refractivity (Wildman–Crippen MR) is 82.5 cm³/mol. The van der Waals surface area contributed by atoms with E-state index in [1.807, 2.05) is 29.2 Å². The first-order chi connectivity index (χ1) is 10.3. The number of aliphatic hydroxyl groups excluding tert-OH is 1. The number of hydrogen-bond donors (Lipinski definition) is 1. The number of hydrogen-bond acceptors (Lipinski definition) is 3. The van der Waals surface area contributed by atoms with E-state index in [2.05, 4.69) is 6.58 Å². The van der Waals surface area contributed by atoms with Crippen molar-refractivity contribution in [1.82, 2.24) is 4.90 Å². The minimum atomic E-state index is 0.0747. The lowest BCUT2D eigenvalue weighted by Gasteiger charge is -2.24. The highest BCUT2D eigenvalue weighted by molar-refractivity contribution is 5.94. The van der Waals surface area contributed by atoms with Crippen molar-refractivity contribution < 1.29 is 14.6 Å². The highest BCUT2D eigenvalue weighted by Gasteiger charge is 2.28. The summed E-state index contributed by atoms with van der Waals surface area (Å²) in [5.74, 6) is 0.815. The van der Waals surface area contributed by atoms with Crippen LogP contribution in [0, 0.1) is 0 Å². The standard InChI is InChI=1S/C17H23NO3/c1-2-13-21-16-9-7-14(8-10-16)17(20)18-11-3-5-15(18)6-4-12-19/h2,7-10,15,19H,1,3-6,11-13H2. The molecule has 1 unspecified atom stereocenters. The third-order valence-electron chi connectivity index (χ3n) is 3.80. The summed E-state index contributed by atoms with van der Waals surface area (Å²) in [6.45, 7) is 5.06. The number of nitrogens with zero attached hydrogens (tertiary/aromatic N) is 1. The van der Waals surface area contributed by atoms with Gasteiger partial charge in [-0.05, 0) is 49.9 Å². The molecule has 1 N–H and O–H groups in total. The Hall–Kier alpha value is -1.81. The van der Waals surface area contributed by atoms with Gasteiger partial charge in [-0.15, -0.1) is 0 Å². The Morgan fingerprint density at radius 1 is 1.43 bits per heavy atom. The first-order valence-corrected chi connectivity index (χ1v) is 7.52. The molecule has 1 aromatic rings. The summed E-state index contributed by atoms with van der Waals surface area (Å²) >= 11 is 0. The van der Waals surface area contributed by atoms with Gasteiger partial charge < -0.3 is 14.7 Å². The Labute approximate surface area is 126 Å². The predicted octanol–water partition coefficient (Wildman–Crippen LogP) is 2.63. The maximum atomic E-state index is 12.6. The molecule has 1 amide bonds. The Bertz CT molecular complexity index is 469. The summed E-state index contributed by atoms with van der Waals surface area (Å²) in [6.07, 6.45) is 5.40. The van der Waals surface area contributed by atoms with E-state index in [1.165, 1.54) is 0 Å². The summed E-state index contributed by atoms with van der Waals surface area (Å²) < 4.78 is 5.42. The quantitative estimate of drug-likeness (QED) is 0.785. The number of amides is 1. The second kappa shape index (κ2) is 7.84. The number of benzene rings is 1. The molecule has 1 fully saturated rings. The minimum absolute atomic E-state index is 0.0747. The number of carbonyl (C=O) groups excluding carboxylic acids is 1.